The fourth-order valence-corrected chi connectivity index (χ4v) is 4.46. The van der Waals surface area contributed by atoms with Gasteiger partial charge in [0.15, 0.2) is 0 Å². The van der Waals surface area contributed by atoms with Crippen LogP contribution in [-0.4, -0.2) is 23.2 Å². The fourth-order valence-electron chi connectivity index (χ4n) is 4.46. The third-order valence-electron chi connectivity index (χ3n) is 5.41. The number of rotatable bonds is 2. The van der Waals surface area contributed by atoms with E-state index in [1.807, 2.05) is 0 Å². The smallest absolute Gasteiger partial charge is 0.0459 e. The van der Waals surface area contributed by atoms with E-state index in [4.69, 9.17) is 0 Å². The van der Waals surface area contributed by atoms with Crippen LogP contribution in [0.5, 0.6) is 0 Å². The number of hydrogen-bond donors (Lipinski definition) is 3. The van der Waals surface area contributed by atoms with Gasteiger partial charge in [0.2, 0.25) is 0 Å². The summed E-state index contributed by atoms with van der Waals surface area (Å²) >= 11 is 0. The summed E-state index contributed by atoms with van der Waals surface area (Å²) in [6.07, 6.45) is 5.69. The molecule has 3 heteroatoms. The van der Waals surface area contributed by atoms with Gasteiger partial charge in [0.05, 0.1) is 0 Å². The minimum atomic E-state index is 0.255. The Morgan fingerprint density at radius 2 is 2.15 bits per heavy atom. The number of aromatic nitrogens is 1. The second-order valence-electron chi connectivity index (χ2n) is 6.39. The van der Waals surface area contributed by atoms with Crippen molar-refractivity contribution >= 4 is 10.9 Å². The topological polar surface area (TPSA) is 48.0 Å². The Labute approximate surface area is 119 Å². The van der Waals surface area contributed by atoms with Crippen LogP contribution in [0.4, 0.5) is 0 Å². The van der Waals surface area contributed by atoms with Crippen LogP contribution in [0.2, 0.25) is 0 Å². The van der Waals surface area contributed by atoms with Gasteiger partial charge in [-0.15, -0.1) is 0 Å². The quantitative estimate of drug-likeness (QED) is 0.786. The zero-order valence-corrected chi connectivity index (χ0v) is 11.8. The third kappa shape index (κ3) is 1.66. The molecule has 0 saturated carbocycles. The van der Waals surface area contributed by atoms with E-state index >= 15 is 0 Å². The molecule has 1 fully saturated rings. The number of aryl methyl sites for hydroxylation is 1. The molecule has 2 aliphatic rings. The van der Waals surface area contributed by atoms with Crippen molar-refractivity contribution in [1.29, 1.82) is 0 Å². The molecule has 1 aromatic heterocycles. The number of aromatic amines is 1. The Hall–Kier alpha value is -1.32. The summed E-state index contributed by atoms with van der Waals surface area (Å²) in [5.41, 5.74) is 4.38. The van der Waals surface area contributed by atoms with Crippen molar-refractivity contribution in [2.24, 2.45) is 5.41 Å². The lowest BCUT2D eigenvalue weighted by Gasteiger charge is -2.48. The number of hydrogen-bond acceptors (Lipinski definition) is 2. The first-order valence-electron chi connectivity index (χ1n) is 7.78. The van der Waals surface area contributed by atoms with E-state index in [9.17, 15) is 5.11 Å². The van der Waals surface area contributed by atoms with Gasteiger partial charge in [-0.1, -0.05) is 18.2 Å². The highest BCUT2D eigenvalue weighted by Crippen LogP contribution is 2.52. The third-order valence-corrected chi connectivity index (χ3v) is 5.41. The van der Waals surface area contributed by atoms with Crippen LogP contribution in [0.1, 0.15) is 43.0 Å². The predicted octanol–water partition coefficient (Wildman–Crippen LogP) is 2.91. The van der Waals surface area contributed by atoms with Crippen LogP contribution in [-0.2, 0) is 6.42 Å². The fraction of sp³-hybridized carbons (Fsp3) is 0.529. The molecule has 4 rings (SSSR count). The van der Waals surface area contributed by atoms with E-state index in [1.54, 1.807) is 0 Å². The summed E-state index contributed by atoms with van der Waals surface area (Å²) in [4.78, 5) is 3.61. The maximum atomic E-state index is 9.53. The first-order chi connectivity index (χ1) is 9.84. The molecule has 106 valence electrons. The highest BCUT2D eigenvalue weighted by Gasteiger charge is 2.45. The molecule has 2 aromatic rings. The number of nitrogens with one attached hydrogen (secondary N) is 2. The second-order valence-corrected chi connectivity index (χ2v) is 6.39. The summed E-state index contributed by atoms with van der Waals surface area (Å²) in [6, 6.07) is 9.03. The van der Waals surface area contributed by atoms with Gasteiger partial charge in [-0.05, 0) is 55.7 Å². The first kappa shape index (κ1) is 12.4. The maximum absolute atomic E-state index is 9.53. The summed E-state index contributed by atoms with van der Waals surface area (Å²) in [5, 5.41) is 14.6. The lowest BCUT2D eigenvalue weighted by Crippen LogP contribution is -2.46. The van der Waals surface area contributed by atoms with Crippen LogP contribution >= 0.6 is 0 Å². The Kier molecular flexibility index (Phi) is 2.86. The number of aliphatic hydroxyl groups is 1. The molecule has 1 aliphatic carbocycles. The van der Waals surface area contributed by atoms with E-state index in [-0.39, 0.29) is 5.41 Å². The molecule has 1 aromatic carbocycles. The minimum Gasteiger partial charge on any atom is -0.396 e. The lowest BCUT2D eigenvalue weighted by atomic mass is 9.63. The van der Waals surface area contributed by atoms with E-state index in [2.05, 4.69) is 34.6 Å². The van der Waals surface area contributed by atoms with Gasteiger partial charge < -0.3 is 15.4 Å². The molecule has 0 spiro atoms. The van der Waals surface area contributed by atoms with E-state index in [0.29, 0.717) is 12.6 Å². The van der Waals surface area contributed by atoms with Crippen molar-refractivity contribution in [2.75, 3.05) is 13.2 Å². The van der Waals surface area contributed by atoms with Crippen molar-refractivity contribution in [3.05, 3.63) is 35.5 Å². The van der Waals surface area contributed by atoms with Gasteiger partial charge in [0.25, 0.3) is 0 Å². The number of aliphatic hydroxyl groups excluding tert-OH is 1. The summed E-state index contributed by atoms with van der Waals surface area (Å²) in [7, 11) is 0. The molecule has 1 aliphatic heterocycles. The molecule has 1 saturated heterocycles. The first-order valence-corrected chi connectivity index (χ1v) is 7.78. The average Bonchev–Trinajstić information content (AvgIpc) is 2.86. The Morgan fingerprint density at radius 1 is 1.25 bits per heavy atom. The average molecular weight is 270 g/mol. The Morgan fingerprint density at radius 3 is 3.05 bits per heavy atom. The molecule has 20 heavy (non-hydrogen) atoms. The van der Waals surface area contributed by atoms with Crippen LogP contribution in [0.15, 0.2) is 24.3 Å². The highest BCUT2D eigenvalue weighted by atomic mass is 16.3. The standard InChI is InChI=1S/C17H22N2O/c20-11-9-17-7-3-10-18-16(17)15-12-4-1-2-5-13(12)19-14(15)6-8-17/h1-2,4-5,16,18-20H,3,6-11H2/t16-,17+/m1/s1. The number of benzene rings is 1. The monoisotopic (exact) mass is 270 g/mol. The predicted molar refractivity (Wildman–Crippen MR) is 80.7 cm³/mol. The van der Waals surface area contributed by atoms with Gasteiger partial charge in [-0.25, -0.2) is 0 Å². The largest absolute Gasteiger partial charge is 0.396 e. The highest BCUT2D eigenvalue weighted by molar-refractivity contribution is 5.85. The molecular weight excluding hydrogens is 248 g/mol. The van der Waals surface area contributed by atoms with Crippen LogP contribution in [0, 0.1) is 5.41 Å². The van der Waals surface area contributed by atoms with Crippen LogP contribution in [0.25, 0.3) is 10.9 Å². The molecular formula is C17H22N2O. The Bertz CT molecular complexity index is 629. The van der Waals surface area contributed by atoms with Crippen molar-refractivity contribution in [1.82, 2.24) is 10.3 Å². The maximum Gasteiger partial charge on any atom is 0.0459 e. The molecule has 3 N–H and O–H groups in total. The van der Waals surface area contributed by atoms with Gasteiger partial charge in [0, 0.05) is 29.2 Å². The summed E-state index contributed by atoms with van der Waals surface area (Å²) in [6.45, 7) is 1.40. The summed E-state index contributed by atoms with van der Waals surface area (Å²) in [5.74, 6) is 0. The van der Waals surface area contributed by atoms with Crippen molar-refractivity contribution in [3.63, 3.8) is 0 Å². The van der Waals surface area contributed by atoms with Crippen molar-refractivity contribution in [3.8, 4) is 0 Å². The molecule has 0 radical (unpaired) electrons. The molecule has 3 nitrogen and oxygen atoms in total. The van der Waals surface area contributed by atoms with Gasteiger partial charge in [0.1, 0.15) is 0 Å². The van der Waals surface area contributed by atoms with Gasteiger partial charge in [-0.3, -0.25) is 0 Å². The van der Waals surface area contributed by atoms with E-state index in [1.165, 1.54) is 41.4 Å². The molecule has 0 amide bonds. The SMILES string of the molecule is OCC[C@@]12CCCN[C@@H]1c1c([nH]c3ccccc13)CC2. The van der Waals surface area contributed by atoms with Crippen molar-refractivity contribution < 1.29 is 5.11 Å². The molecule has 2 heterocycles. The number of H-pyrrole nitrogens is 1. The molecule has 0 unspecified atom stereocenters. The van der Waals surface area contributed by atoms with Gasteiger partial charge in [-0.2, -0.15) is 0 Å². The second kappa shape index (κ2) is 4.61. The lowest BCUT2D eigenvalue weighted by molar-refractivity contribution is 0.0726. The zero-order chi connectivity index (χ0) is 13.6. The molecule has 2 atom stereocenters. The molecule has 0 bridgehead atoms. The van der Waals surface area contributed by atoms with Gasteiger partial charge >= 0.3 is 0 Å². The number of piperidine rings is 1. The summed E-state index contributed by atoms with van der Waals surface area (Å²) < 4.78 is 0. The van der Waals surface area contributed by atoms with Crippen molar-refractivity contribution in [2.45, 2.75) is 38.1 Å². The number of fused-ring (bicyclic) bond motifs is 5. The minimum absolute atomic E-state index is 0.255. The number of para-hydroxylation sites is 1. The van der Waals surface area contributed by atoms with Crippen LogP contribution < -0.4 is 5.32 Å². The zero-order valence-electron chi connectivity index (χ0n) is 11.8. The van der Waals surface area contributed by atoms with E-state index < -0.39 is 0 Å². The Balaban J connectivity index is 1.88. The van der Waals surface area contributed by atoms with E-state index in [0.717, 1.165) is 19.4 Å². The van der Waals surface area contributed by atoms with Crippen LogP contribution in [0.3, 0.4) is 0 Å². The normalized spacial score (nSPS) is 29.1.